The SMILES string of the molecule is O=c1nc2c(c(-c3ccc(-c4ccccc4)cc3)[nH]1)CCN2. The fourth-order valence-corrected chi connectivity index (χ4v) is 2.90. The van der Waals surface area contributed by atoms with E-state index in [1.807, 2.05) is 30.3 Å². The number of aromatic nitrogens is 2. The van der Waals surface area contributed by atoms with Crippen molar-refractivity contribution >= 4 is 5.82 Å². The topological polar surface area (TPSA) is 57.8 Å². The highest BCUT2D eigenvalue weighted by Gasteiger charge is 2.18. The lowest BCUT2D eigenvalue weighted by Gasteiger charge is -2.08. The van der Waals surface area contributed by atoms with Gasteiger partial charge < -0.3 is 10.3 Å². The Labute approximate surface area is 127 Å². The lowest BCUT2D eigenvalue weighted by atomic mass is 10.0. The second-order valence-electron chi connectivity index (χ2n) is 5.36. The van der Waals surface area contributed by atoms with Crippen molar-refractivity contribution in [3.8, 4) is 22.4 Å². The van der Waals surface area contributed by atoms with Crippen LogP contribution >= 0.6 is 0 Å². The number of fused-ring (bicyclic) bond motifs is 1. The summed E-state index contributed by atoms with van der Waals surface area (Å²) in [5.74, 6) is 0.714. The van der Waals surface area contributed by atoms with E-state index in [4.69, 9.17) is 0 Å². The third-order valence-corrected chi connectivity index (χ3v) is 3.98. The van der Waals surface area contributed by atoms with Crippen molar-refractivity contribution < 1.29 is 0 Å². The average molecular weight is 289 g/mol. The predicted octanol–water partition coefficient (Wildman–Crippen LogP) is 3.07. The van der Waals surface area contributed by atoms with Gasteiger partial charge >= 0.3 is 5.69 Å². The zero-order chi connectivity index (χ0) is 14.9. The minimum atomic E-state index is -0.310. The zero-order valence-corrected chi connectivity index (χ0v) is 12.0. The van der Waals surface area contributed by atoms with Gasteiger partial charge in [-0.2, -0.15) is 4.98 Å². The molecule has 4 heteroatoms. The lowest BCUT2D eigenvalue weighted by Crippen LogP contribution is -2.13. The first-order valence-corrected chi connectivity index (χ1v) is 7.34. The Hall–Kier alpha value is -2.88. The maximum atomic E-state index is 11.7. The third kappa shape index (κ3) is 2.19. The second-order valence-corrected chi connectivity index (χ2v) is 5.36. The van der Waals surface area contributed by atoms with E-state index < -0.39 is 0 Å². The van der Waals surface area contributed by atoms with Crippen LogP contribution in [0.15, 0.2) is 59.4 Å². The molecule has 4 nitrogen and oxygen atoms in total. The van der Waals surface area contributed by atoms with Crippen LogP contribution in [0.5, 0.6) is 0 Å². The molecule has 2 N–H and O–H groups in total. The first-order chi connectivity index (χ1) is 10.8. The zero-order valence-electron chi connectivity index (χ0n) is 12.0. The molecule has 0 atom stereocenters. The summed E-state index contributed by atoms with van der Waals surface area (Å²) in [6.07, 6.45) is 0.884. The summed E-state index contributed by atoms with van der Waals surface area (Å²) < 4.78 is 0. The smallest absolute Gasteiger partial charge is 0.347 e. The van der Waals surface area contributed by atoms with Crippen LogP contribution in [-0.2, 0) is 6.42 Å². The number of hydrogen-bond donors (Lipinski definition) is 2. The van der Waals surface area contributed by atoms with Crippen LogP contribution < -0.4 is 11.0 Å². The number of hydrogen-bond acceptors (Lipinski definition) is 3. The summed E-state index contributed by atoms with van der Waals surface area (Å²) in [6, 6.07) is 18.5. The molecule has 1 aliphatic heterocycles. The monoisotopic (exact) mass is 289 g/mol. The van der Waals surface area contributed by atoms with Crippen molar-refractivity contribution in [2.24, 2.45) is 0 Å². The van der Waals surface area contributed by atoms with Gasteiger partial charge in [0.1, 0.15) is 5.82 Å². The van der Waals surface area contributed by atoms with Gasteiger partial charge in [0.05, 0.1) is 5.69 Å². The fraction of sp³-hybridized carbons (Fsp3) is 0.111. The molecule has 22 heavy (non-hydrogen) atoms. The van der Waals surface area contributed by atoms with Gasteiger partial charge in [-0.25, -0.2) is 4.79 Å². The molecule has 0 amide bonds. The summed E-state index contributed by atoms with van der Waals surface area (Å²) in [6.45, 7) is 0.828. The largest absolute Gasteiger partial charge is 0.369 e. The Morgan fingerprint density at radius 3 is 2.32 bits per heavy atom. The summed E-state index contributed by atoms with van der Waals surface area (Å²) in [7, 11) is 0. The number of benzene rings is 2. The van der Waals surface area contributed by atoms with E-state index in [-0.39, 0.29) is 5.69 Å². The first-order valence-electron chi connectivity index (χ1n) is 7.34. The average Bonchev–Trinajstić information content (AvgIpc) is 3.03. The Kier molecular flexibility index (Phi) is 3.00. The first kappa shape index (κ1) is 12.8. The maximum Gasteiger partial charge on any atom is 0.347 e. The van der Waals surface area contributed by atoms with E-state index in [9.17, 15) is 4.79 Å². The summed E-state index contributed by atoms with van der Waals surface area (Å²) in [4.78, 5) is 18.6. The Balaban J connectivity index is 1.77. The number of H-pyrrole nitrogens is 1. The Morgan fingerprint density at radius 2 is 1.55 bits per heavy atom. The van der Waals surface area contributed by atoms with E-state index >= 15 is 0 Å². The summed E-state index contributed by atoms with van der Waals surface area (Å²) >= 11 is 0. The number of rotatable bonds is 2. The molecule has 0 unspecified atom stereocenters. The predicted molar refractivity (Wildman–Crippen MR) is 87.9 cm³/mol. The highest BCUT2D eigenvalue weighted by Crippen LogP contribution is 2.29. The van der Waals surface area contributed by atoms with Crippen molar-refractivity contribution in [2.45, 2.75) is 6.42 Å². The number of nitrogens with zero attached hydrogens (tertiary/aromatic N) is 1. The molecular formula is C18H15N3O. The van der Waals surface area contributed by atoms with Gasteiger partial charge in [-0.1, -0.05) is 54.6 Å². The molecule has 0 bridgehead atoms. The second kappa shape index (κ2) is 5.15. The van der Waals surface area contributed by atoms with Crippen molar-refractivity contribution in [3.63, 3.8) is 0 Å². The Bertz CT molecular complexity index is 867. The van der Waals surface area contributed by atoms with Gasteiger partial charge in [-0.05, 0) is 23.1 Å². The van der Waals surface area contributed by atoms with Crippen LogP contribution in [0.2, 0.25) is 0 Å². The van der Waals surface area contributed by atoms with Gasteiger partial charge in [0.25, 0.3) is 0 Å². The Morgan fingerprint density at radius 1 is 0.864 bits per heavy atom. The molecule has 108 valence electrons. The van der Waals surface area contributed by atoms with E-state index in [0.717, 1.165) is 35.3 Å². The molecule has 3 aromatic rings. The maximum absolute atomic E-state index is 11.7. The summed E-state index contributed by atoms with van der Waals surface area (Å²) in [5.41, 5.74) is 5.01. The van der Waals surface area contributed by atoms with Gasteiger partial charge in [0.2, 0.25) is 0 Å². The normalized spacial score (nSPS) is 12.7. The highest BCUT2D eigenvalue weighted by molar-refractivity contribution is 5.73. The van der Waals surface area contributed by atoms with Crippen molar-refractivity contribution in [3.05, 3.63) is 70.6 Å². The minimum absolute atomic E-state index is 0.310. The van der Waals surface area contributed by atoms with E-state index in [1.54, 1.807) is 0 Å². The van der Waals surface area contributed by atoms with Crippen LogP contribution in [0.4, 0.5) is 5.82 Å². The molecule has 1 aromatic heterocycles. The quantitative estimate of drug-likeness (QED) is 0.762. The van der Waals surface area contributed by atoms with Crippen LogP contribution in [0.1, 0.15) is 5.56 Å². The minimum Gasteiger partial charge on any atom is -0.369 e. The molecule has 0 aliphatic carbocycles. The molecule has 0 saturated heterocycles. The molecule has 0 radical (unpaired) electrons. The van der Waals surface area contributed by atoms with E-state index in [1.165, 1.54) is 5.56 Å². The summed E-state index contributed by atoms with van der Waals surface area (Å²) in [5, 5.41) is 3.16. The fourth-order valence-electron chi connectivity index (χ4n) is 2.90. The molecule has 0 saturated carbocycles. The van der Waals surface area contributed by atoms with Crippen LogP contribution in [-0.4, -0.2) is 16.5 Å². The molecule has 4 rings (SSSR count). The van der Waals surface area contributed by atoms with Crippen LogP contribution in [0.25, 0.3) is 22.4 Å². The van der Waals surface area contributed by atoms with Crippen molar-refractivity contribution in [1.82, 2.24) is 9.97 Å². The highest BCUT2D eigenvalue weighted by atomic mass is 16.1. The number of nitrogens with one attached hydrogen (secondary N) is 2. The molecule has 2 heterocycles. The molecule has 1 aliphatic rings. The molecular weight excluding hydrogens is 274 g/mol. The van der Waals surface area contributed by atoms with Gasteiger partial charge in [-0.15, -0.1) is 0 Å². The van der Waals surface area contributed by atoms with Crippen molar-refractivity contribution in [1.29, 1.82) is 0 Å². The number of anilines is 1. The van der Waals surface area contributed by atoms with Crippen molar-refractivity contribution in [2.75, 3.05) is 11.9 Å². The standard InChI is InChI=1S/C18H15N3O/c22-18-20-16(15-10-11-19-17(15)21-18)14-8-6-13(7-9-14)12-4-2-1-3-5-12/h1-9H,10-11H2,(H2,19,20,21,22). The van der Waals surface area contributed by atoms with E-state index in [2.05, 4.69) is 39.6 Å². The van der Waals surface area contributed by atoms with Gasteiger partial charge in [0.15, 0.2) is 0 Å². The van der Waals surface area contributed by atoms with Crippen LogP contribution in [0.3, 0.4) is 0 Å². The number of aromatic amines is 1. The third-order valence-electron chi connectivity index (χ3n) is 3.98. The van der Waals surface area contributed by atoms with Gasteiger partial charge in [-0.3, -0.25) is 0 Å². The lowest BCUT2D eigenvalue weighted by molar-refractivity contribution is 1.06. The van der Waals surface area contributed by atoms with Gasteiger partial charge in [0, 0.05) is 12.1 Å². The molecule has 0 fully saturated rings. The molecule has 2 aromatic carbocycles. The van der Waals surface area contributed by atoms with E-state index in [0.29, 0.717) is 5.82 Å². The van der Waals surface area contributed by atoms with Crippen LogP contribution in [0, 0.1) is 0 Å². The molecule has 0 spiro atoms.